The van der Waals surface area contributed by atoms with Crippen molar-refractivity contribution in [3.63, 3.8) is 0 Å². The van der Waals surface area contributed by atoms with Gasteiger partial charge in [0.15, 0.2) is 0 Å². The molecule has 28 heavy (non-hydrogen) atoms. The van der Waals surface area contributed by atoms with Gasteiger partial charge < -0.3 is 10.3 Å². The summed E-state index contributed by atoms with van der Waals surface area (Å²) in [5, 5.41) is 2.71. The van der Waals surface area contributed by atoms with Gasteiger partial charge in [0.1, 0.15) is 0 Å². The molecule has 0 unspecified atom stereocenters. The van der Waals surface area contributed by atoms with Gasteiger partial charge >= 0.3 is 0 Å². The second kappa shape index (κ2) is 7.73. The topological polar surface area (TPSA) is 104 Å². The standard InChI is InChI=1S/C20H24N4O3S/c1-20(2,3)15-5-7-16(8-6-15)28(26,27)24-11-10-21-19(25)14-4-9-17-18(12-14)23-13-22-17/h4-9,12-13,24H,10-11H2,1-3H3,(H,21,25)(H,22,23). The third-order valence-electron chi connectivity index (χ3n) is 4.42. The second-order valence-corrected chi connectivity index (χ2v) is 9.33. The van der Waals surface area contributed by atoms with Crippen molar-refractivity contribution in [2.24, 2.45) is 0 Å². The van der Waals surface area contributed by atoms with E-state index in [1.54, 1.807) is 36.7 Å². The Hall–Kier alpha value is -2.71. The van der Waals surface area contributed by atoms with Crippen molar-refractivity contribution in [2.75, 3.05) is 13.1 Å². The summed E-state index contributed by atoms with van der Waals surface area (Å²) in [6.45, 7) is 6.49. The van der Waals surface area contributed by atoms with Gasteiger partial charge in [-0.25, -0.2) is 18.1 Å². The molecule has 3 aromatic rings. The SMILES string of the molecule is CC(C)(C)c1ccc(S(=O)(=O)NCCNC(=O)c2ccc3nc[nH]c3c2)cc1. The fourth-order valence-corrected chi connectivity index (χ4v) is 3.79. The molecule has 8 heteroatoms. The summed E-state index contributed by atoms with van der Waals surface area (Å²) >= 11 is 0. The predicted molar refractivity (Wildman–Crippen MR) is 109 cm³/mol. The highest BCUT2D eigenvalue weighted by molar-refractivity contribution is 7.89. The maximum Gasteiger partial charge on any atom is 0.251 e. The average molecular weight is 401 g/mol. The number of carbonyl (C=O) groups is 1. The molecule has 1 amide bonds. The van der Waals surface area contributed by atoms with E-state index >= 15 is 0 Å². The van der Waals surface area contributed by atoms with Crippen molar-refractivity contribution in [1.29, 1.82) is 0 Å². The molecule has 3 N–H and O–H groups in total. The minimum Gasteiger partial charge on any atom is -0.351 e. The first-order chi connectivity index (χ1) is 13.2. The van der Waals surface area contributed by atoms with E-state index in [0.29, 0.717) is 5.56 Å². The van der Waals surface area contributed by atoms with E-state index in [9.17, 15) is 13.2 Å². The molecule has 0 fully saturated rings. The van der Waals surface area contributed by atoms with Crippen LogP contribution in [0, 0.1) is 0 Å². The molecule has 0 radical (unpaired) electrons. The molecular formula is C20H24N4O3S. The Kier molecular flexibility index (Phi) is 5.53. The zero-order valence-electron chi connectivity index (χ0n) is 16.1. The fraction of sp³-hybridized carbons (Fsp3) is 0.300. The highest BCUT2D eigenvalue weighted by Gasteiger charge is 2.17. The largest absolute Gasteiger partial charge is 0.351 e. The van der Waals surface area contributed by atoms with E-state index in [0.717, 1.165) is 16.6 Å². The van der Waals surface area contributed by atoms with Gasteiger partial charge in [0.2, 0.25) is 10.0 Å². The van der Waals surface area contributed by atoms with Crippen molar-refractivity contribution in [3.05, 3.63) is 59.9 Å². The van der Waals surface area contributed by atoms with Gasteiger partial charge in [-0.05, 0) is 41.3 Å². The Bertz CT molecular complexity index is 1080. The van der Waals surface area contributed by atoms with Crippen LogP contribution in [0.5, 0.6) is 0 Å². The number of fused-ring (bicyclic) bond motifs is 1. The molecule has 148 valence electrons. The molecule has 0 aliphatic carbocycles. The van der Waals surface area contributed by atoms with Crippen LogP contribution in [-0.2, 0) is 15.4 Å². The summed E-state index contributed by atoms with van der Waals surface area (Å²) in [4.78, 5) is 19.5. The molecule has 1 aromatic heterocycles. The highest BCUT2D eigenvalue weighted by Crippen LogP contribution is 2.23. The summed E-state index contributed by atoms with van der Waals surface area (Å²) in [5.74, 6) is -0.273. The molecular weight excluding hydrogens is 376 g/mol. The normalized spacial score (nSPS) is 12.2. The summed E-state index contributed by atoms with van der Waals surface area (Å²) < 4.78 is 27.3. The van der Waals surface area contributed by atoms with Gasteiger partial charge in [0.25, 0.3) is 5.91 Å². The van der Waals surface area contributed by atoms with Crippen molar-refractivity contribution in [2.45, 2.75) is 31.1 Å². The zero-order chi connectivity index (χ0) is 20.4. The molecule has 0 spiro atoms. The van der Waals surface area contributed by atoms with Gasteiger partial charge in [0, 0.05) is 18.7 Å². The summed E-state index contributed by atoms with van der Waals surface area (Å²) in [6, 6.07) is 12.0. The van der Waals surface area contributed by atoms with Crippen molar-refractivity contribution < 1.29 is 13.2 Å². The van der Waals surface area contributed by atoms with Crippen LogP contribution in [0.25, 0.3) is 11.0 Å². The summed E-state index contributed by atoms with van der Waals surface area (Å²) in [7, 11) is -3.62. The first-order valence-corrected chi connectivity index (χ1v) is 10.5. The monoisotopic (exact) mass is 400 g/mol. The summed E-state index contributed by atoms with van der Waals surface area (Å²) in [6.07, 6.45) is 1.56. The van der Waals surface area contributed by atoms with Crippen LogP contribution in [0.3, 0.4) is 0 Å². The van der Waals surface area contributed by atoms with Crippen molar-refractivity contribution in [1.82, 2.24) is 20.0 Å². The van der Waals surface area contributed by atoms with Gasteiger partial charge in [-0.15, -0.1) is 0 Å². The molecule has 1 heterocycles. The lowest BCUT2D eigenvalue weighted by atomic mass is 9.87. The Morgan fingerprint density at radius 2 is 1.79 bits per heavy atom. The Balaban J connectivity index is 1.54. The molecule has 2 aromatic carbocycles. The molecule has 0 atom stereocenters. The highest BCUT2D eigenvalue weighted by atomic mass is 32.2. The number of sulfonamides is 1. The number of amides is 1. The van der Waals surface area contributed by atoms with E-state index in [1.165, 1.54) is 0 Å². The van der Waals surface area contributed by atoms with Crippen LogP contribution in [-0.4, -0.2) is 37.4 Å². The number of carbonyl (C=O) groups excluding carboxylic acids is 1. The van der Waals surface area contributed by atoms with E-state index < -0.39 is 10.0 Å². The third kappa shape index (κ3) is 4.58. The zero-order valence-corrected chi connectivity index (χ0v) is 16.9. The quantitative estimate of drug-likeness (QED) is 0.553. The lowest BCUT2D eigenvalue weighted by Gasteiger charge is -2.19. The number of benzene rings is 2. The number of aromatic nitrogens is 2. The lowest BCUT2D eigenvalue weighted by Crippen LogP contribution is -2.34. The number of imidazole rings is 1. The number of hydrogen-bond acceptors (Lipinski definition) is 4. The molecule has 0 aliphatic rings. The van der Waals surface area contributed by atoms with E-state index in [-0.39, 0.29) is 29.3 Å². The maximum atomic E-state index is 12.4. The number of H-pyrrole nitrogens is 1. The molecule has 3 rings (SSSR count). The molecule has 0 saturated carbocycles. The molecule has 0 bridgehead atoms. The lowest BCUT2D eigenvalue weighted by molar-refractivity contribution is 0.0954. The van der Waals surface area contributed by atoms with E-state index in [1.807, 2.05) is 12.1 Å². The number of hydrogen-bond donors (Lipinski definition) is 3. The van der Waals surface area contributed by atoms with Gasteiger partial charge in [0.05, 0.1) is 22.3 Å². The minimum atomic E-state index is -3.62. The summed E-state index contributed by atoms with van der Waals surface area (Å²) in [5.41, 5.74) is 3.05. The van der Waals surface area contributed by atoms with Crippen LogP contribution >= 0.6 is 0 Å². The van der Waals surface area contributed by atoms with Gasteiger partial charge in [-0.3, -0.25) is 4.79 Å². The first kappa shape index (κ1) is 20.0. The number of nitrogens with one attached hydrogen (secondary N) is 3. The number of rotatable bonds is 6. The van der Waals surface area contributed by atoms with Crippen LogP contribution in [0.2, 0.25) is 0 Å². The van der Waals surface area contributed by atoms with E-state index in [4.69, 9.17) is 0 Å². The Morgan fingerprint density at radius 1 is 1.07 bits per heavy atom. The Morgan fingerprint density at radius 3 is 2.46 bits per heavy atom. The fourth-order valence-electron chi connectivity index (χ4n) is 2.76. The second-order valence-electron chi connectivity index (χ2n) is 7.56. The van der Waals surface area contributed by atoms with Gasteiger partial charge in [-0.1, -0.05) is 32.9 Å². The number of nitrogens with zero attached hydrogens (tertiary/aromatic N) is 1. The van der Waals surface area contributed by atoms with Crippen LogP contribution in [0.4, 0.5) is 0 Å². The first-order valence-electron chi connectivity index (χ1n) is 8.98. The van der Waals surface area contributed by atoms with E-state index in [2.05, 4.69) is 40.8 Å². The third-order valence-corrected chi connectivity index (χ3v) is 5.89. The van der Waals surface area contributed by atoms with Crippen molar-refractivity contribution >= 4 is 27.0 Å². The van der Waals surface area contributed by atoms with Crippen LogP contribution < -0.4 is 10.0 Å². The molecule has 7 nitrogen and oxygen atoms in total. The molecule has 0 saturated heterocycles. The smallest absolute Gasteiger partial charge is 0.251 e. The average Bonchev–Trinajstić information content (AvgIpc) is 3.12. The minimum absolute atomic E-state index is 0.0425. The van der Waals surface area contributed by atoms with Crippen molar-refractivity contribution in [3.8, 4) is 0 Å². The predicted octanol–water partition coefficient (Wildman–Crippen LogP) is 2.57. The van der Waals surface area contributed by atoms with Gasteiger partial charge in [-0.2, -0.15) is 0 Å². The Labute approximate surface area is 164 Å². The maximum absolute atomic E-state index is 12.4. The van der Waals surface area contributed by atoms with Crippen LogP contribution in [0.1, 0.15) is 36.7 Å². The number of aromatic amines is 1. The van der Waals surface area contributed by atoms with Crippen LogP contribution in [0.15, 0.2) is 53.7 Å². The molecule has 0 aliphatic heterocycles.